The lowest BCUT2D eigenvalue weighted by atomic mass is 10.1. The predicted octanol–water partition coefficient (Wildman–Crippen LogP) is 2.87. The summed E-state index contributed by atoms with van der Waals surface area (Å²) in [6, 6.07) is 8.61. The summed E-state index contributed by atoms with van der Waals surface area (Å²) in [6.07, 6.45) is 0. The van der Waals surface area contributed by atoms with Crippen LogP contribution >= 0.6 is 15.9 Å². The molecule has 0 bridgehead atoms. The molecule has 3 aromatic rings. The molecule has 0 spiro atoms. The fourth-order valence-corrected chi connectivity index (χ4v) is 2.19. The predicted molar refractivity (Wildman–Crippen MR) is 79.9 cm³/mol. The first-order valence-electron chi connectivity index (χ1n) is 6.07. The zero-order valence-corrected chi connectivity index (χ0v) is 12.5. The van der Waals surface area contributed by atoms with Crippen LogP contribution in [0.3, 0.4) is 0 Å². The smallest absolute Gasteiger partial charge is 0.263 e. The molecule has 0 radical (unpaired) electrons. The Morgan fingerprint density at radius 3 is 2.57 bits per heavy atom. The summed E-state index contributed by atoms with van der Waals surface area (Å²) >= 11 is 3.32. The highest BCUT2D eigenvalue weighted by atomic mass is 79.9. The maximum Gasteiger partial charge on any atom is 0.263 e. The van der Waals surface area contributed by atoms with Gasteiger partial charge in [0.25, 0.3) is 5.56 Å². The maximum atomic E-state index is 12.2. The molecule has 0 saturated heterocycles. The lowest BCUT2D eigenvalue weighted by Gasteiger charge is -2.04. The molecule has 6 nitrogen and oxygen atoms in total. The number of aromatic nitrogens is 3. The van der Waals surface area contributed by atoms with E-state index in [2.05, 4.69) is 31.1 Å². The van der Waals surface area contributed by atoms with Crippen LogP contribution in [0.5, 0.6) is 5.88 Å². The van der Waals surface area contributed by atoms with Crippen molar-refractivity contribution in [2.24, 2.45) is 0 Å². The molecule has 21 heavy (non-hydrogen) atoms. The van der Waals surface area contributed by atoms with Crippen LogP contribution in [0.2, 0.25) is 0 Å². The summed E-state index contributed by atoms with van der Waals surface area (Å²) in [5.41, 5.74) is 0.894. The van der Waals surface area contributed by atoms with Gasteiger partial charge in [-0.2, -0.15) is 4.98 Å². The van der Waals surface area contributed by atoms with E-state index >= 15 is 0 Å². The summed E-state index contributed by atoms with van der Waals surface area (Å²) < 4.78 is 5.90. The second kappa shape index (κ2) is 5.17. The molecule has 3 rings (SSSR count). The van der Waals surface area contributed by atoms with E-state index in [4.69, 9.17) is 4.52 Å². The molecule has 7 heteroatoms. The van der Waals surface area contributed by atoms with Gasteiger partial charge in [0.2, 0.25) is 11.6 Å². The van der Waals surface area contributed by atoms with E-state index < -0.39 is 5.56 Å². The number of aromatic amines is 1. The van der Waals surface area contributed by atoms with Crippen molar-refractivity contribution in [3.8, 4) is 28.6 Å². The summed E-state index contributed by atoms with van der Waals surface area (Å²) in [6.45, 7) is 1.75. The van der Waals surface area contributed by atoms with Gasteiger partial charge in [-0.3, -0.25) is 4.79 Å². The van der Waals surface area contributed by atoms with Crippen molar-refractivity contribution in [1.29, 1.82) is 0 Å². The number of hydrogen-bond acceptors (Lipinski definition) is 5. The lowest BCUT2D eigenvalue weighted by molar-refractivity contribution is 0.420. The van der Waals surface area contributed by atoms with E-state index in [1.807, 2.05) is 0 Å². The molecule has 2 N–H and O–H groups in total. The average Bonchev–Trinajstić information content (AvgIpc) is 2.87. The van der Waals surface area contributed by atoms with Gasteiger partial charge < -0.3 is 14.6 Å². The second-order valence-corrected chi connectivity index (χ2v) is 5.37. The van der Waals surface area contributed by atoms with Crippen molar-refractivity contribution in [2.45, 2.75) is 6.92 Å². The standard InChI is InChI=1S/C14H10BrN3O3/c1-7-6-10(21-18-7)12-16-13(19)11(14(20)17-12)8-2-4-9(15)5-3-8/h2-6H,1H3,(H2,16,17,19,20). The fourth-order valence-electron chi connectivity index (χ4n) is 1.93. The number of aryl methyl sites for hydroxylation is 1. The van der Waals surface area contributed by atoms with E-state index in [-0.39, 0.29) is 17.3 Å². The van der Waals surface area contributed by atoms with Gasteiger partial charge in [0, 0.05) is 10.5 Å². The number of halogens is 1. The molecule has 2 heterocycles. The molecule has 0 aliphatic carbocycles. The first kappa shape index (κ1) is 13.6. The fraction of sp³-hybridized carbons (Fsp3) is 0.0714. The summed E-state index contributed by atoms with van der Waals surface area (Å²) in [5.74, 6) is 0.0753. The van der Waals surface area contributed by atoms with Gasteiger partial charge in [0.15, 0.2) is 5.82 Å². The van der Waals surface area contributed by atoms with E-state index in [0.717, 1.165) is 4.47 Å². The highest BCUT2D eigenvalue weighted by Gasteiger charge is 2.16. The van der Waals surface area contributed by atoms with Crippen LogP contribution < -0.4 is 5.56 Å². The van der Waals surface area contributed by atoms with Gasteiger partial charge in [-0.15, -0.1) is 0 Å². The summed E-state index contributed by atoms with van der Waals surface area (Å²) in [4.78, 5) is 18.8. The Labute approximate surface area is 127 Å². The molecule has 0 aliphatic heterocycles. The zero-order valence-electron chi connectivity index (χ0n) is 10.9. The number of H-pyrrole nitrogens is 1. The molecule has 0 atom stereocenters. The van der Waals surface area contributed by atoms with E-state index in [0.29, 0.717) is 17.0 Å². The number of benzene rings is 1. The zero-order chi connectivity index (χ0) is 15.0. The van der Waals surface area contributed by atoms with Crippen LogP contribution in [0, 0.1) is 6.92 Å². The molecular formula is C14H10BrN3O3. The van der Waals surface area contributed by atoms with Gasteiger partial charge >= 0.3 is 0 Å². The monoisotopic (exact) mass is 347 g/mol. The van der Waals surface area contributed by atoms with Crippen molar-refractivity contribution in [3.05, 3.63) is 50.9 Å². The van der Waals surface area contributed by atoms with Crippen molar-refractivity contribution >= 4 is 15.9 Å². The van der Waals surface area contributed by atoms with Gasteiger partial charge in [-0.1, -0.05) is 33.2 Å². The van der Waals surface area contributed by atoms with Crippen molar-refractivity contribution in [3.63, 3.8) is 0 Å². The Kier molecular flexibility index (Phi) is 3.34. The van der Waals surface area contributed by atoms with Crippen LogP contribution in [-0.2, 0) is 0 Å². The normalized spacial score (nSPS) is 10.8. The maximum absolute atomic E-state index is 12.2. The van der Waals surface area contributed by atoms with Crippen LogP contribution in [0.4, 0.5) is 0 Å². The Morgan fingerprint density at radius 2 is 2.00 bits per heavy atom. The average molecular weight is 348 g/mol. The molecule has 1 aromatic carbocycles. The van der Waals surface area contributed by atoms with Crippen molar-refractivity contribution < 1.29 is 9.63 Å². The minimum absolute atomic E-state index is 0.113. The van der Waals surface area contributed by atoms with E-state index in [1.54, 1.807) is 37.3 Å². The van der Waals surface area contributed by atoms with E-state index in [9.17, 15) is 9.90 Å². The molecule has 0 aliphatic rings. The second-order valence-electron chi connectivity index (χ2n) is 4.45. The van der Waals surface area contributed by atoms with Crippen LogP contribution in [0.1, 0.15) is 5.69 Å². The largest absolute Gasteiger partial charge is 0.493 e. The highest BCUT2D eigenvalue weighted by Crippen LogP contribution is 2.26. The minimum atomic E-state index is -0.450. The number of nitrogens with zero attached hydrogens (tertiary/aromatic N) is 2. The Bertz CT molecular complexity index is 853. The number of nitrogens with one attached hydrogen (secondary N) is 1. The molecule has 0 fully saturated rings. The third-order valence-electron chi connectivity index (χ3n) is 2.89. The van der Waals surface area contributed by atoms with Crippen LogP contribution in [0.25, 0.3) is 22.7 Å². The lowest BCUT2D eigenvalue weighted by Crippen LogP contribution is -2.11. The number of hydrogen-bond donors (Lipinski definition) is 2. The quantitative estimate of drug-likeness (QED) is 0.743. The molecule has 0 saturated carbocycles. The van der Waals surface area contributed by atoms with Crippen LogP contribution in [0.15, 0.2) is 44.1 Å². The van der Waals surface area contributed by atoms with Gasteiger partial charge in [-0.05, 0) is 24.6 Å². The van der Waals surface area contributed by atoms with Crippen molar-refractivity contribution in [2.75, 3.05) is 0 Å². The highest BCUT2D eigenvalue weighted by molar-refractivity contribution is 9.10. The molecular weight excluding hydrogens is 338 g/mol. The van der Waals surface area contributed by atoms with Gasteiger partial charge in [0.1, 0.15) is 5.56 Å². The number of aromatic hydroxyl groups is 1. The Balaban J connectivity index is 2.12. The minimum Gasteiger partial charge on any atom is -0.493 e. The van der Waals surface area contributed by atoms with E-state index in [1.165, 1.54) is 0 Å². The number of rotatable bonds is 2. The summed E-state index contributed by atoms with van der Waals surface area (Å²) in [7, 11) is 0. The molecule has 2 aromatic heterocycles. The summed E-state index contributed by atoms with van der Waals surface area (Å²) in [5, 5.41) is 13.8. The van der Waals surface area contributed by atoms with Gasteiger partial charge in [0.05, 0.1) is 5.69 Å². The Hall–Kier alpha value is -2.41. The topological polar surface area (TPSA) is 92.0 Å². The van der Waals surface area contributed by atoms with Crippen molar-refractivity contribution in [1.82, 2.24) is 15.1 Å². The molecule has 106 valence electrons. The molecule has 0 amide bonds. The SMILES string of the molecule is Cc1cc(-c2nc(O)c(-c3ccc(Br)cc3)c(=O)[nH]2)on1. The third kappa shape index (κ3) is 2.59. The third-order valence-corrected chi connectivity index (χ3v) is 3.42. The first-order valence-corrected chi connectivity index (χ1v) is 6.87. The van der Waals surface area contributed by atoms with Gasteiger partial charge in [-0.25, -0.2) is 0 Å². The first-order chi connectivity index (χ1) is 10.0. The molecule has 0 unspecified atom stereocenters. The Morgan fingerprint density at radius 1 is 1.29 bits per heavy atom. The van der Waals surface area contributed by atoms with Crippen LogP contribution in [-0.4, -0.2) is 20.2 Å².